The largest absolute Gasteiger partial charge is 0.317 e. The molecule has 0 bridgehead atoms. The summed E-state index contributed by atoms with van der Waals surface area (Å²) in [5.74, 6) is 0.314. The van der Waals surface area contributed by atoms with Gasteiger partial charge in [0.25, 0.3) is 0 Å². The third-order valence-corrected chi connectivity index (χ3v) is 4.02. The Morgan fingerprint density at radius 1 is 1.28 bits per heavy atom. The number of ketones is 1. The van der Waals surface area contributed by atoms with E-state index in [4.69, 9.17) is 11.6 Å². The van der Waals surface area contributed by atoms with Gasteiger partial charge in [0.05, 0.1) is 0 Å². The first-order valence-electron chi connectivity index (χ1n) is 6.09. The molecular formula is C14H19Cl2NO. The van der Waals surface area contributed by atoms with Crippen molar-refractivity contribution in [3.63, 3.8) is 0 Å². The van der Waals surface area contributed by atoms with E-state index < -0.39 is 0 Å². The number of halogens is 2. The van der Waals surface area contributed by atoms with Gasteiger partial charge in [-0.05, 0) is 57.0 Å². The van der Waals surface area contributed by atoms with Crippen LogP contribution in [0.25, 0.3) is 0 Å². The topological polar surface area (TPSA) is 29.1 Å². The summed E-state index contributed by atoms with van der Waals surface area (Å²) in [5.41, 5.74) is 1.03. The molecule has 0 aliphatic carbocycles. The Kier molecular flexibility index (Phi) is 5.64. The number of carbonyl (C=O) groups is 1. The van der Waals surface area contributed by atoms with Crippen molar-refractivity contribution in [2.45, 2.75) is 26.2 Å². The fourth-order valence-corrected chi connectivity index (χ4v) is 2.68. The SMILES string of the molecule is CC(=O)C1(Cc2ccc(Cl)cc2)CCNCC1.Cl. The van der Waals surface area contributed by atoms with Crippen LogP contribution in [-0.4, -0.2) is 18.9 Å². The van der Waals surface area contributed by atoms with E-state index in [0.717, 1.165) is 37.4 Å². The molecule has 0 unspecified atom stereocenters. The first-order chi connectivity index (χ1) is 8.12. The lowest BCUT2D eigenvalue weighted by molar-refractivity contribution is -0.128. The Morgan fingerprint density at radius 2 is 1.83 bits per heavy atom. The second-order valence-corrected chi connectivity index (χ2v) is 5.33. The molecule has 2 rings (SSSR count). The summed E-state index contributed by atoms with van der Waals surface area (Å²) in [6.07, 6.45) is 2.71. The van der Waals surface area contributed by atoms with E-state index in [0.29, 0.717) is 5.78 Å². The predicted octanol–water partition coefficient (Wildman–Crippen LogP) is 3.26. The summed E-state index contributed by atoms with van der Waals surface area (Å²) in [6, 6.07) is 7.84. The Bertz CT molecular complexity index is 397. The van der Waals surface area contributed by atoms with Gasteiger partial charge < -0.3 is 5.32 Å². The highest BCUT2D eigenvalue weighted by Gasteiger charge is 2.36. The molecule has 1 aliphatic heterocycles. The first-order valence-corrected chi connectivity index (χ1v) is 6.46. The highest BCUT2D eigenvalue weighted by atomic mass is 35.5. The highest BCUT2D eigenvalue weighted by Crippen LogP contribution is 2.34. The van der Waals surface area contributed by atoms with E-state index in [2.05, 4.69) is 5.32 Å². The fourth-order valence-electron chi connectivity index (χ4n) is 2.55. The molecule has 1 aromatic rings. The van der Waals surface area contributed by atoms with Crippen LogP contribution in [0.2, 0.25) is 5.02 Å². The Morgan fingerprint density at radius 3 is 2.33 bits per heavy atom. The zero-order valence-electron chi connectivity index (χ0n) is 10.5. The number of rotatable bonds is 3. The fraction of sp³-hybridized carbons (Fsp3) is 0.500. The summed E-state index contributed by atoms with van der Waals surface area (Å²) >= 11 is 5.87. The van der Waals surface area contributed by atoms with E-state index in [1.54, 1.807) is 6.92 Å². The standard InChI is InChI=1S/C14H18ClNO.ClH/c1-11(17)14(6-8-16-9-7-14)10-12-2-4-13(15)5-3-12;/h2-5,16H,6-10H2,1H3;1H. The van der Waals surface area contributed by atoms with Crippen LogP contribution in [0.5, 0.6) is 0 Å². The molecule has 0 amide bonds. The summed E-state index contributed by atoms with van der Waals surface area (Å²) in [4.78, 5) is 11.9. The van der Waals surface area contributed by atoms with Crippen molar-refractivity contribution >= 4 is 29.8 Å². The van der Waals surface area contributed by atoms with Crippen LogP contribution in [0.4, 0.5) is 0 Å². The molecule has 100 valence electrons. The summed E-state index contributed by atoms with van der Waals surface area (Å²) in [7, 11) is 0. The number of Topliss-reactive ketones (excluding diaryl/α,β-unsaturated/α-hetero) is 1. The van der Waals surface area contributed by atoms with Crippen molar-refractivity contribution in [2.75, 3.05) is 13.1 Å². The van der Waals surface area contributed by atoms with Gasteiger partial charge in [0.2, 0.25) is 0 Å². The van der Waals surface area contributed by atoms with E-state index in [1.165, 1.54) is 5.56 Å². The maximum Gasteiger partial charge on any atom is 0.136 e. The second-order valence-electron chi connectivity index (χ2n) is 4.89. The smallest absolute Gasteiger partial charge is 0.136 e. The van der Waals surface area contributed by atoms with Gasteiger partial charge in [0.15, 0.2) is 0 Å². The lowest BCUT2D eigenvalue weighted by Gasteiger charge is -2.35. The Hall–Kier alpha value is -0.570. The van der Waals surface area contributed by atoms with E-state index in [1.807, 2.05) is 24.3 Å². The minimum Gasteiger partial charge on any atom is -0.317 e. The van der Waals surface area contributed by atoms with Crippen LogP contribution >= 0.6 is 24.0 Å². The molecule has 1 aliphatic rings. The van der Waals surface area contributed by atoms with Gasteiger partial charge in [-0.15, -0.1) is 12.4 Å². The van der Waals surface area contributed by atoms with Crippen LogP contribution in [-0.2, 0) is 11.2 Å². The number of carbonyl (C=O) groups excluding carboxylic acids is 1. The predicted molar refractivity (Wildman–Crippen MR) is 77.6 cm³/mol. The van der Waals surface area contributed by atoms with Crippen LogP contribution in [0.3, 0.4) is 0 Å². The van der Waals surface area contributed by atoms with Crippen LogP contribution in [0, 0.1) is 5.41 Å². The molecule has 1 heterocycles. The van der Waals surface area contributed by atoms with Gasteiger partial charge in [-0.2, -0.15) is 0 Å². The zero-order chi connectivity index (χ0) is 12.3. The lowest BCUT2D eigenvalue weighted by atomic mass is 9.71. The normalized spacial score (nSPS) is 17.9. The summed E-state index contributed by atoms with van der Waals surface area (Å²) in [5, 5.41) is 4.06. The molecule has 2 nitrogen and oxygen atoms in total. The summed E-state index contributed by atoms with van der Waals surface area (Å²) < 4.78 is 0. The number of hydrogen-bond donors (Lipinski definition) is 1. The van der Waals surface area contributed by atoms with Crippen LogP contribution in [0.1, 0.15) is 25.3 Å². The molecule has 18 heavy (non-hydrogen) atoms. The van der Waals surface area contributed by atoms with Gasteiger partial charge >= 0.3 is 0 Å². The third-order valence-electron chi connectivity index (χ3n) is 3.76. The zero-order valence-corrected chi connectivity index (χ0v) is 12.1. The average molecular weight is 288 g/mol. The van der Waals surface area contributed by atoms with Crippen molar-refractivity contribution in [2.24, 2.45) is 5.41 Å². The van der Waals surface area contributed by atoms with Crippen LogP contribution < -0.4 is 5.32 Å². The highest BCUT2D eigenvalue weighted by molar-refractivity contribution is 6.30. The molecule has 0 atom stereocenters. The number of nitrogens with one attached hydrogen (secondary N) is 1. The van der Waals surface area contributed by atoms with E-state index >= 15 is 0 Å². The molecule has 0 aromatic heterocycles. The van der Waals surface area contributed by atoms with Gasteiger partial charge in [-0.1, -0.05) is 23.7 Å². The van der Waals surface area contributed by atoms with Gasteiger partial charge in [0.1, 0.15) is 5.78 Å². The van der Waals surface area contributed by atoms with Crippen molar-refractivity contribution in [3.05, 3.63) is 34.9 Å². The van der Waals surface area contributed by atoms with Gasteiger partial charge in [-0.3, -0.25) is 4.79 Å². The lowest BCUT2D eigenvalue weighted by Crippen LogP contribution is -2.42. The molecule has 0 spiro atoms. The average Bonchev–Trinajstić information content (AvgIpc) is 2.33. The van der Waals surface area contributed by atoms with Crippen molar-refractivity contribution in [1.29, 1.82) is 0 Å². The molecule has 1 fully saturated rings. The number of benzene rings is 1. The number of piperidine rings is 1. The number of hydrogen-bond acceptors (Lipinski definition) is 2. The van der Waals surface area contributed by atoms with Gasteiger partial charge in [-0.25, -0.2) is 0 Å². The first kappa shape index (κ1) is 15.5. The quantitative estimate of drug-likeness (QED) is 0.925. The Labute approximate surface area is 120 Å². The maximum atomic E-state index is 11.9. The van der Waals surface area contributed by atoms with Crippen molar-refractivity contribution in [3.8, 4) is 0 Å². The second kappa shape index (κ2) is 6.55. The van der Waals surface area contributed by atoms with E-state index in [-0.39, 0.29) is 17.8 Å². The molecule has 0 saturated carbocycles. The monoisotopic (exact) mass is 287 g/mol. The minimum atomic E-state index is -0.168. The molecule has 0 radical (unpaired) electrons. The van der Waals surface area contributed by atoms with Crippen molar-refractivity contribution in [1.82, 2.24) is 5.32 Å². The van der Waals surface area contributed by atoms with Gasteiger partial charge in [0, 0.05) is 10.4 Å². The molecule has 1 aromatic carbocycles. The van der Waals surface area contributed by atoms with Crippen LogP contribution in [0.15, 0.2) is 24.3 Å². The third kappa shape index (κ3) is 3.47. The van der Waals surface area contributed by atoms with E-state index in [9.17, 15) is 4.79 Å². The van der Waals surface area contributed by atoms with Crippen molar-refractivity contribution < 1.29 is 4.79 Å². The molecule has 4 heteroatoms. The Balaban J connectivity index is 0.00000162. The maximum absolute atomic E-state index is 11.9. The summed E-state index contributed by atoms with van der Waals surface area (Å²) in [6.45, 7) is 3.60. The minimum absolute atomic E-state index is 0. The molecule has 1 saturated heterocycles. The molecular weight excluding hydrogens is 269 g/mol. The molecule has 1 N–H and O–H groups in total.